The Balaban J connectivity index is 1.58. The molecule has 1 saturated heterocycles. The molecule has 0 radical (unpaired) electrons. The predicted molar refractivity (Wildman–Crippen MR) is 96.3 cm³/mol. The summed E-state index contributed by atoms with van der Waals surface area (Å²) in [6, 6.07) is 10.3. The first-order chi connectivity index (χ1) is 12.1. The van der Waals surface area contributed by atoms with Gasteiger partial charge in [-0.05, 0) is 44.2 Å². The lowest BCUT2D eigenvalue weighted by atomic mass is 9.89. The van der Waals surface area contributed by atoms with E-state index >= 15 is 0 Å². The summed E-state index contributed by atoms with van der Waals surface area (Å²) in [5.41, 5.74) is 1.12. The predicted octanol–water partition coefficient (Wildman–Crippen LogP) is 2.45. The van der Waals surface area contributed by atoms with E-state index in [4.69, 9.17) is 0 Å². The summed E-state index contributed by atoms with van der Waals surface area (Å²) in [7, 11) is 0. The lowest BCUT2D eigenvalue weighted by Crippen LogP contribution is -2.52. The van der Waals surface area contributed by atoms with Crippen LogP contribution in [0.4, 0.5) is 0 Å². The van der Waals surface area contributed by atoms with Crippen molar-refractivity contribution in [2.75, 3.05) is 19.6 Å². The van der Waals surface area contributed by atoms with Crippen LogP contribution in [0.1, 0.15) is 44.1 Å². The Kier molecular flexibility index (Phi) is 5.74. The Morgan fingerprint density at radius 1 is 1.16 bits per heavy atom. The SMILES string of the molecule is O=C(CN1CCCC(C(=O)O)C1)NC1(Cc2ccccc2)CCCC1. The fourth-order valence-corrected chi connectivity index (χ4v) is 4.32. The number of amides is 1. The summed E-state index contributed by atoms with van der Waals surface area (Å²) in [6.07, 6.45) is 6.77. The first kappa shape index (κ1) is 17.9. The van der Waals surface area contributed by atoms with Crippen LogP contribution < -0.4 is 5.32 Å². The van der Waals surface area contributed by atoms with Crippen molar-refractivity contribution in [1.82, 2.24) is 10.2 Å². The van der Waals surface area contributed by atoms with Crippen molar-refractivity contribution in [3.05, 3.63) is 35.9 Å². The summed E-state index contributed by atoms with van der Waals surface area (Å²) in [5, 5.41) is 12.5. The summed E-state index contributed by atoms with van der Waals surface area (Å²) < 4.78 is 0. The molecule has 2 N–H and O–H groups in total. The maximum absolute atomic E-state index is 12.6. The zero-order valence-electron chi connectivity index (χ0n) is 14.7. The smallest absolute Gasteiger partial charge is 0.307 e. The van der Waals surface area contributed by atoms with Gasteiger partial charge in [0.2, 0.25) is 5.91 Å². The van der Waals surface area contributed by atoms with Crippen molar-refractivity contribution < 1.29 is 14.7 Å². The number of likely N-dealkylation sites (tertiary alicyclic amines) is 1. The highest BCUT2D eigenvalue weighted by atomic mass is 16.4. The second-order valence-electron chi connectivity index (χ2n) is 7.61. The largest absolute Gasteiger partial charge is 0.481 e. The Morgan fingerprint density at radius 3 is 2.56 bits per heavy atom. The monoisotopic (exact) mass is 344 g/mol. The van der Waals surface area contributed by atoms with Crippen LogP contribution in [0.25, 0.3) is 0 Å². The van der Waals surface area contributed by atoms with Crippen molar-refractivity contribution in [2.45, 2.75) is 50.5 Å². The maximum atomic E-state index is 12.6. The molecule has 25 heavy (non-hydrogen) atoms. The van der Waals surface area contributed by atoms with Gasteiger partial charge in [0, 0.05) is 12.1 Å². The number of rotatable bonds is 6. The fourth-order valence-electron chi connectivity index (χ4n) is 4.32. The highest BCUT2D eigenvalue weighted by molar-refractivity contribution is 5.79. The van der Waals surface area contributed by atoms with Gasteiger partial charge < -0.3 is 10.4 Å². The van der Waals surface area contributed by atoms with E-state index in [0.29, 0.717) is 19.5 Å². The third kappa shape index (κ3) is 4.82. The number of carboxylic acids is 1. The number of nitrogens with one attached hydrogen (secondary N) is 1. The molecule has 1 heterocycles. The van der Waals surface area contributed by atoms with Crippen LogP contribution in [0, 0.1) is 5.92 Å². The molecular formula is C20H28N2O3. The van der Waals surface area contributed by atoms with Gasteiger partial charge in [0.25, 0.3) is 0 Å². The topological polar surface area (TPSA) is 69.6 Å². The molecule has 1 atom stereocenters. The molecule has 3 rings (SSSR count). The molecule has 5 nitrogen and oxygen atoms in total. The van der Waals surface area contributed by atoms with Crippen molar-refractivity contribution in [2.24, 2.45) is 5.92 Å². The zero-order valence-corrected chi connectivity index (χ0v) is 14.7. The minimum atomic E-state index is -0.749. The molecule has 1 amide bonds. The second kappa shape index (κ2) is 8.00. The highest BCUT2D eigenvalue weighted by Gasteiger charge is 2.36. The van der Waals surface area contributed by atoms with Crippen LogP contribution in [0.3, 0.4) is 0 Å². The number of piperidine rings is 1. The Hall–Kier alpha value is -1.88. The van der Waals surface area contributed by atoms with Crippen LogP contribution in [0.5, 0.6) is 0 Å². The van der Waals surface area contributed by atoms with Gasteiger partial charge in [0.15, 0.2) is 0 Å². The minimum absolute atomic E-state index is 0.0314. The molecular weight excluding hydrogens is 316 g/mol. The lowest BCUT2D eigenvalue weighted by Gasteiger charge is -2.34. The Bertz CT molecular complexity index is 596. The van der Waals surface area contributed by atoms with Crippen molar-refractivity contribution >= 4 is 11.9 Å². The number of carbonyl (C=O) groups excluding carboxylic acids is 1. The number of nitrogens with zero attached hydrogens (tertiary/aromatic N) is 1. The van der Waals surface area contributed by atoms with E-state index in [0.717, 1.165) is 45.1 Å². The van der Waals surface area contributed by atoms with Gasteiger partial charge in [-0.15, -0.1) is 0 Å². The molecule has 2 aliphatic rings. The van der Waals surface area contributed by atoms with Gasteiger partial charge in [-0.2, -0.15) is 0 Å². The van der Waals surface area contributed by atoms with Crippen molar-refractivity contribution in [3.63, 3.8) is 0 Å². The van der Waals surface area contributed by atoms with E-state index in [2.05, 4.69) is 17.4 Å². The molecule has 1 aromatic carbocycles. The first-order valence-electron chi connectivity index (χ1n) is 9.36. The van der Waals surface area contributed by atoms with Gasteiger partial charge in [-0.3, -0.25) is 14.5 Å². The molecule has 136 valence electrons. The van der Waals surface area contributed by atoms with E-state index in [1.54, 1.807) is 0 Å². The van der Waals surface area contributed by atoms with Crippen LogP contribution in [-0.2, 0) is 16.0 Å². The van der Waals surface area contributed by atoms with Crippen LogP contribution >= 0.6 is 0 Å². The van der Waals surface area contributed by atoms with Crippen LogP contribution in [0.2, 0.25) is 0 Å². The molecule has 5 heteroatoms. The average Bonchev–Trinajstić information content (AvgIpc) is 3.03. The van der Waals surface area contributed by atoms with Crippen molar-refractivity contribution in [3.8, 4) is 0 Å². The average molecular weight is 344 g/mol. The molecule has 1 aliphatic carbocycles. The molecule has 1 saturated carbocycles. The number of benzene rings is 1. The second-order valence-corrected chi connectivity index (χ2v) is 7.61. The lowest BCUT2D eigenvalue weighted by molar-refractivity contribution is -0.144. The molecule has 1 unspecified atom stereocenters. The van der Waals surface area contributed by atoms with Gasteiger partial charge in [-0.25, -0.2) is 0 Å². The Labute approximate surface area is 149 Å². The molecule has 0 aromatic heterocycles. The minimum Gasteiger partial charge on any atom is -0.481 e. The first-order valence-corrected chi connectivity index (χ1v) is 9.36. The maximum Gasteiger partial charge on any atom is 0.307 e. The number of hydrogen-bond acceptors (Lipinski definition) is 3. The number of hydrogen-bond donors (Lipinski definition) is 2. The van der Waals surface area contributed by atoms with Crippen LogP contribution in [0.15, 0.2) is 30.3 Å². The van der Waals surface area contributed by atoms with Gasteiger partial charge >= 0.3 is 5.97 Å². The van der Waals surface area contributed by atoms with Gasteiger partial charge in [0.05, 0.1) is 12.5 Å². The van der Waals surface area contributed by atoms with Gasteiger partial charge in [-0.1, -0.05) is 43.2 Å². The molecule has 0 spiro atoms. The molecule has 1 aliphatic heterocycles. The summed E-state index contributed by atoms with van der Waals surface area (Å²) in [4.78, 5) is 25.8. The summed E-state index contributed by atoms with van der Waals surface area (Å²) >= 11 is 0. The number of carbonyl (C=O) groups is 2. The van der Waals surface area contributed by atoms with E-state index in [1.165, 1.54) is 5.56 Å². The summed E-state index contributed by atoms with van der Waals surface area (Å²) in [5.74, 6) is -1.06. The normalized spacial score (nSPS) is 23.3. The fraction of sp³-hybridized carbons (Fsp3) is 0.600. The van der Waals surface area contributed by atoms with E-state index < -0.39 is 5.97 Å². The molecule has 0 bridgehead atoms. The number of aliphatic carboxylic acids is 1. The third-order valence-electron chi connectivity index (χ3n) is 5.57. The molecule has 1 aromatic rings. The van der Waals surface area contributed by atoms with Gasteiger partial charge in [0.1, 0.15) is 0 Å². The van der Waals surface area contributed by atoms with E-state index in [1.807, 2.05) is 23.1 Å². The number of carboxylic acid groups (broad SMARTS) is 1. The van der Waals surface area contributed by atoms with E-state index in [-0.39, 0.29) is 17.4 Å². The molecule has 2 fully saturated rings. The zero-order chi connectivity index (χ0) is 17.7. The Morgan fingerprint density at radius 2 is 1.88 bits per heavy atom. The quantitative estimate of drug-likeness (QED) is 0.832. The standard InChI is InChI=1S/C20H28N2O3/c23-18(15-22-12-6-9-17(14-22)19(24)25)21-20(10-4-5-11-20)13-16-7-2-1-3-8-16/h1-3,7-8,17H,4-6,9-15H2,(H,21,23)(H,24,25). The summed E-state index contributed by atoms with van der Waals surface area (Å²) in [6.45, 7) is 1.59. The van der Waals surface area contributed by atoms with Crippen LogP contribution in [-0.4, -0.2) is 47.1 Å². The van der Waals surface area contributed by atoms with E-state index in [9.17, 15) is 14.7 Å². The highest BCUT2D eigenvalue weighted by Crippen LogP contribution is 2.33. The van der Waals surface area contributed by atoms with Crippen molar-refractivity contribution in [1.29, 1.82) is 0 Å². The third-order valence-corrected chi connectivity index (χ3v) is 5.57.